The molecule has 0 aliphatic carbocycles. The molecule has 1 fully saturated rings. The van der Waals surface area contributed by atoms with Gasteiger partial charge in [0.15, 0.2) is 0 Å². The van der Waals surface area contributed by atoms with Gasteiger partial charge < -0.3 is 19.9 Å². The summed E-state index contributed by atoms with van der Waals surface area (Å²) in [5.74, 6) is 0.105. The van der Waals surface area contributed by atoms with Crippen LogP contribution < -0.4 is 10.9 Å². The van der Waals surface area contributed by atoms with Gasteiger partial charge in [0.2, 0.25) is 11.5 Å². The monoisotopic (exact) mass is 428 g/mol. The summed E-state index contributed by atoms with van der Waals surface area (Å²) in [6.07, 6.45) is -0.0645. The molecule has 1 aliphatic rings. The van der Waals surface area contributed by atoms with Gasteiger partial charge >= 0.3 is 6.09 Å². The molecule has 1 aliphatic heterocycles. The summed E-state index contributed by atoms with van der Waals surface area (Å²) >= 11 is 0. The van der Waals surface area contributed by atoms with E-state index < -0.39 is 11.7 Å². The molecule has 8 nitrogen and oxygen atoms in total. The second kappa shape index (κ2) is 9.51. The van der Waals surface area contributed by atoms with Crippen LogP contribution in [0.3, 0.4) is 0 Å². The van der Waals surface area contributed by atoms with Crippen molar-refractivity contribution in [3.63, 3.8) is 0 Å². The molecule has 1 saturated heterocycles. The molecule has 0 bridgehead atoms. The molecule has 2 amide bonds. The van der Waals surface area contributed by atoms with E-state index in [1.165, 1.54) is 0 Å². The summed E-state index contributed by atoms with van der Waals surface area (Å²) in [6.45, 7) is 11.6. The van der Waals surface area contributed by atoms with Crippen LogP contribution in [0.4, 0.5) is 4.79 Å². The molecule has 0 spiro atoms. The fraction of sp³-hybridized carbons (Fsp3) is 0.522. The number of carbonyl (C=O) groups is 2. The Morgan fingerprint density at radius 1 is 1.13 bits per heavy atom. The van der Waals surface area contributed by atoms with Crippen molar-refractivity contribution in [2.75, 3.05) is 39.3 Å². The van der Waals surface area contributed by atoms with Crippen molar-refractivity contribution in [2.24, 2.45) is 0 Å². The number of aromatic amines is 1. The summed E-state index contributed by atoms with van der Waals surface area (Å²) in [4.78, 5) is 43.0. The minimum absolute atomic E-state index is 0.105. The number of rotatable bonds is 5. The van der Waals surface area contributed by atoms with E-state index in [0.717, 1.165) is 41.7 Å². The molecule has 2 aromatic rings. The zero-order valence-corrected chi connectivity index (χ0v) is 18.8. The van der Waals surface area contributed by atoms with Crippen molar-refractivity contribution in [1.29, 1.82) is 0 Å². The first-order valence-corrected chi connectivity index (χ1v) is 10.7. The van der Waals surface area contributed by atoms with Gasteiger partial charge in [-0.1, -0.05) is 6.07 Å². The Labute approximate surface area is 182 Å². The zero-order valence-electron chi connectivity index (χ0n) is 18.8. The Hall–Kier alpha value is -2.87. The number of aryl methyl sites for hydroxylation is 1. The first kappa shape index (κ1) is 22.8. The first-order chi connectivity index (χ1) is 14.6. The number of amides is 2. The number of alkyl carbamates (subject to hydrolysis) is 1. The minimum Gasteiger partial charge on any atom is -0.444 e. The Morgan fingerprint density at radius 2 is 1.84 bits per heavy atom. The van der Waals surface area contributed by atoms with Crippen LogP contribution in [0.5, 0.6) is 0 Å². The number of H-pyrrole nitrogens is 1. The van der Waals surface area contributed by atoms with Gasteiger partial charge in [-0.15, -0.1) is 0 Å². The topological polar surface area (TPSA) is 94.7 Å². The normalized spacial score (nSPS) is 15.2. The standard InChI is InChI=1S/C23H32N4O4/c1-16-13-20(28)25-19-6-5-17(14-18(16)19)15-21(29)27-11-9-26(10-12-27)8-7-24-22(30)31-23(2,3)4/h5-6,13-14H,7-12,15H2,1-4H3,(H,24,30)(H,25,28). The summed E-state index contributed by atoms with van der Waals surface area (Å²) < 4.78 is 5.23. The Balaban J connectivity index is 1.46. The lowest BCUT2D eigenvalue weighted by Crippen LogP contribution is -2.50. The van der Waals surface area contributed by atoms with Gasteiger partial charge in [-0.3, -0.25) is 14.5 Å². The molecular weight excluding hydrogens is 396 g/mol. The number of nitrogens with zero attached hydrogens (tertiary/aromatic N) is 2. The second-order valence-electron chi connectivity index (χ2n) is 9.02. The molecule has 0 saturated carbocycles. The third-order valence-electron chi connectivity index (χ3n) is 5.29. The Kier molecular flexibility index (Phi) is 7.00. The molecule has 1 aromatic carbocycles. The van der Waals surface area contributed by atoms with Gasteiger partial charge in [0.1, 0.15) is 5.60 Å². The molecule has 2 N–H and O–H groups in total. The minimum atomic E-state index is -0.503. The molecule has 1 aromatic heterocycles. The van der Waals surface area contributed by atoms with Crippen molar-refractivity contribution >= 4 is 22.9 Å². The lowest BCUT2D eigenvalue weighted by atomic mass is 10.0. The summed E-state index contributed by atoms with van der Waals surface area (Å²) in [5.41, 5.74) is 2.01. The molecular formula is C23H32N4O4. The Bertz CT molecular complexity index is 1000. The highest BCUT2D eigenvalue weighted by molar-refractivity contribution is 5.85. The van der Waals surface area contributed by atoms with E-state index in [0.29, 0.717) is 26.1 Å². The number of pyridine rings is 1. The highest BCUT2D eigenvalue weighted by atomic mass is 16.6. The quantitative estimate of drug-likeness (QED) is 0.760. The van der Waals surface area contributed by atoms with E-state index in [1.807, 2.05) is 50.8 Å². The van der Waals surface area contributed by atoms with Gasteiger partial charge in [-0.25, -0.2) is 4.79 Å². The molecule has 168 valence electrons. The van der Waals surface area contributed by atoms with Crippen molar-refractivity contribution in [3.8, 4) is 0 Å². The molecule has 8 heteroatoms. The molecule has 2 heterocycles. The third kappa shape index (κ3) is 6.55. The highest BCUT2D eigenvalue weighted by Gasteiger charge is 2.22. The van der Waals surface area contributed by atoms with E-state index in [1.54, 1.807) is 6.07 Å². The van der Waals surface area contributed by atoms with Crippen LogP contribution >= 0.6 is 0 Å². The van der Waals surface area contributed by atoms with Crippen LogP contribution in [0.25, 0.3) is 10.9 Å². The number of benzene rings is 1. The fourth-order valence-electron chi connectivity index (χ4n) is 3.72. The van der Waals surface area contributed by atoms with Crippen molar-refractivity contribution in [1.82, 2.24) is 20.1 Å². The van der Waals surface area contributed by atoms with Crippen LogP contribution in [0, 0.1) is 6.92 Å². The third-order valence-corrected chi connectivity index (χ3v) is 5.29. The molecule has 0 unspecified atom stereocenters. The van der Waals surface area contributed by atoms with Crippen molar-refractivity contribution in [3.05, 3.63) is 45.7 Å². The van der Waals surface area contributed by atoms with Gasteiger partial charge in [0.25, 0.3) is 0 Å². The molecule has 3 rings (SSSR count). The van der Waals surface area contributed by atoms with Crippen LogP contribution in [0.2, 0.25) is 0 Å². The van der Waals surface area contributed by atoms with Crippen molar-refractivity contribution < 1.29 is 14.3 Å². The van der Waals surface area contributed by atoms with Crippen LogP contribution in [0.15, 0.2) is 29.1 Å². The van der Waals surface area contributed by atoms with Crippen LogP contribution in [-0.4, -0.2) is 71.7 Å². The number of aromatic nitrogens is 1. The summed E-state index contributed by atoms with van der Waals surface area (Å²) in [6, 6.07) is 7.32. The van der Waals surface area contributed by atoms with E-state index in [2.05, 4.69) is 15.2 Å². The van der Waals surface area contributed by atoms with Gasteiger partial charge in [-0.2, -0.15) is 0 Å². The molecule has 0 atom stereocenters. The predicted octanol–water partition coefficient (Wildman–Crippen LogP) is 2.05. The summed E-state index contributed by atoms with van der Waals surface area (Å²) in [5, 5.41) is 3.74. The van der Waals surface area contributed by atoms with E-state index in [9.17, 15) is 14.4 Å². The highest BCUT2D eigenvalue weighted by Crippen LogP contribution is 2.17. The van der Waals surface area contributed by atoms with Gasteiger partial charge in [0.05, 0.1) is 6.42 Å². The van der Waals surface area contributed by atoms with Crippen molar-refractivity contribution in [2.45, 2.75) is 39.7 Å². The van der Waals surface area contributed by atoms with Crippen LogP contribution in [0.1, 0.15) is 31.9 Å². The smallest absolute Gasteiger partial charge is 0.407 e. The van der Waals surface area contributed by atoms with E-state index in [4.69, 9.17) is 4.74 Å². The zero-order chi connectivity index (χ0) is 22.6. The maximum absolute atomic E-state index is 12.8. The first-order valence-electron chi connectivity index (χ1n) is 10.7. The SMILES string of the molecule is Cc1cc(=O)[nH]c2ccc(CC(=O)N3CCN(CCNC(=O)OC(C)(C)C)CC3)cc12. The van der Waals surface area contributed by atoms with Crippen LogP contribution in [-0.2, 0) is 16.0 Å². The molecule has 31 heavy (non-hydrogen) atoms. The lowest BCUT2D eigenvalue weighted by Gasteiger charge is -2.34. The van der Waals surface area contributed by atoms with E-state index >= 15 is 0 Å². The number of ether oxygens (including phenoxy) is 1. The van der Waals surface area contributed by atoms with E-state index in [-0.39, 0.29) is 11.5 Å². The second-order valence-corrected chi connectivity index (χ2v) is 9.02. The lowest BCUT2D eigenvalue weighted by molar-refractivity contribution is -0.132. The summed E-state index contributed by atoms with van der Waals surface area (Å²) in [7, 11) is 0. The average molecular weight is 429 g/mol. The number of nitrogens with one attached hydrogen (secondary N) is 2. The largest absolute Gasteiger partial charge is 0.444 e. The number of carbonyl (C=O) groups excluding carboxylic acids is 2. The van der Waals surface area contributed by atoms with Gasteiger partial charge in [-0.05, 0) is 51.0 Å². The average Bonchev–Trinajstić information content (AvgIpc) is 2.67. The number of hydrogen-bond acceptors (Lipinski definition) is 5. The van der Waals surface area contributed by atoms with Gasteiger partial charge in [0, 0.05) is 56.2 Å². The predicted molar refractivity (Wildman–Crippen MR) is 120 cm³/mol. The number of fused-ring (bicyclic) bond motifs is 1. The Morgan fingerprint density at radius 3 is 2.52 bits per heavy atom. The number of hydrogen-bond donors (Lipinski definition) is 2. The maximum atomic E-state index is 12.8. The fourth-order valence-corrected chi connectivity index (χ4v) is 3.72. The molecule has 0 radical (unpaired) electrons. The number of piperazine rings is 1. The maximum Gasteiger partial charge on any atom is 0.407 e.